The van der Waals surface area contributed by atoms with Crippen LogP contribution < -0.4 is 0 Å². The first-order valence-electron chi connectivity index (χ1n) is 7.76. The second-order valence-corrected chi connectivity index (χ2v) is 5.91. The van der Waals surface area contributed by atoms with Gasteiger partial charge in [-0.05, 0) is 18.4 Å². The van der Waals surface area contributed by atoms with Gasteiger partial charge in [0, 0.05) is 24.9 Å². The first kappa shape index (κ1) is 14.1. The van der Waals surface area contributed by atoms with Crippen LogP contribution in [0.5, 0.6) is 0 Å². The molecule has 1 amide bonds. The molecule has 2 fully saturated rings. The predicted molar refractivity (Wildman–Crippen MR) is 78.7 cm³/mol. The number of amides is 1. The summed E-state index contributed by atoms with van der Waals surface area (Å²) in [5.74, 6) is 0.364. The number of hydrogen-bond acceptors (Lipinski definition) is 3. The lowest BCUT2D eigenvalue weighted by Crippen LogP contribution is -2.53. The smallest absolute Gasteiger partial charge is 0.410 e. The van der Waals surface area contributed by atoms with Gasteiger partial charge in [0.05, 0.1) is 0 Å². The van der Waals surface area contributed by atoms with Gasteiger partial charge in [-0.1, -0.05) is 43.2 Å². The summed E-state index contributed by atoms with van der Waals surface area (Å²) in [6.07, 6.45) is 4.24. The second kappa shape index (κ2) is 6.29. The van der Waals surface area contributed by atoms with Crippen LogP contribution in [0, 0.1) is 5.92 Å². The van der Waals surface area contributed by atoms with Crippen molar-refractivity contribution in [3.63, 3.8) is 0 Å². The van der Waals surface area contributed by atoms with E-state index >= 15 is 0 Å². The van der Waals surface area contributed by atoms with Gasteiger partial charge in [-0.3, -0.25) is 4.79 Å². The molecule has 1 saturated carbocycles. The zero-order valence-electron chi connectivity index (χ0n) is 12.2. The SMILES string of the molecule is O=C1CCN(C(=O)OCc2ccccc2)[C@@H]2CCCC[C@@H]12. The lowest BCUT2D eigenvalue weighted by atomic mass is 9.78. The molecule has 4 nitrogen and oxygen atoms in total. The Kier molecular flexibility index (Phi) is 4.23. The minimum atomic E-state index is -0.275. The molecule has 1 aromatic carbocycles. The summed E-state index contributed by atoms with van der Waals surface area (Å²) >= 11 is 0. The molecule has 1 aromatic rings. The number of likely N-dealkylation sites (tertiary alicyclic amines) is 1. The van der Waals surface area contributed by atoms with E-state index in [4.69, 9.17) is 4.74 Å². The highest BCUT2D eigenvalue weighted by atomic mass is 16.6. The number of carbonyl (C=O) groups excluding carboxylic acids is 2. The Hall–Kier alpha value is -1.84. The Morgan fingerprint density at radius 2 is 1.95 bits per heavy atom. The average molecular weight is 287 g/mol. The maximum atomic E-state index is 12.3. The largest absolute Gasteiger partial charge is 0.445 e. The van der Waals surface area contributed by atoms with E-state index in [1.165, 1.54) is 0 Å². The van der Waals surface area contributed by atoms with Crippen LogP contribution in [0.2, 0.25) is 0 Å². The van der Waals surface area contributed by atoms with Crippen LogP contribution in [0.15, 0.2) is 30.3 Å². The molecule has 0 N–H and O–H groups in total. The Labute approximate surface area is 125 Å². The lowest BCUT2D eigenvalue weighted by Gasteiger charge is -2.42. The molecule has 112 valence electrons. The van der Waals surface area contributed by atoms with E-state index in [2.05, 4.69) is 0 Å². The minimum absolute atomic E-state index is 0.0387. The summed E-state index contributed by atoms with van der Waals surface area (Å²) in [7, 11) is 0. The van der Waals surface area contributed by atoms with Gasteiger partial charge in [-0.2, -0.15) is 0 Å². The fourth-order valence-electron chi connectivity index (χ4n) is 3.47. The highest BCUT2D eigenvalue weighted by molar-refractivity contribution is 5.84. The van der Waals surface area contributed by atoms with Gasteiger partial charge < -0.3 is 9.64 Å². The Morgan fingerprint density at radius 3 is 2.76 bits per heavy atom. The van der Waals surface area contributed by atoms with E-state index in [1.54, 1.807) is 4.90 Å². The number of nitrogens with zero attached hydrogens (tertiary/aromatic N) is 1. The van der Waals surface area contributed by atoms with Crippen LogP contribution in [0.25, 0.3) is 0 Å². The average Bonchev–Trinajstić information content (AvgIpc) is 2.54. The van der Waals surface area contributed by atoms with Gasteiger partial charge in [0.2, 0.25) is 0 Å². The highest BCUT2D eigenvalue weighted by Crippen LogP contribution is 2.33. The van der Waals surface area contributed by atoms with Crippen molar-refractivity contribution in [3.8, 4) is 0 Å². The summed E-state index contributed by atoms with van der Waals surface area (Å²) in [4.78, 5) is 26.1. The Balaban J connectivity index is 1.62. The number of ether oxygens (including phenoxy) is 1. The maximum absolute atomic E-state index is 12.3. The normalized spacial score (nSPS) is 25.3. The highest BCUT2D eigenvalue weighted by Gasteiger charge is 2.41. The van der Waals surface area contributed by atoms with Crippen molar-refractivity contribution in [2.75, 3.05) is 6.54 Å². The third kappa shape index (κ3) is 3.09. The summed E-state index contributed by atoms with van der Waals surface area (Å²) in [6, 6.07) is 9.74. The van der Waals surface area contributed by atoms with Crippen LogP contribution in [0.3, 0.4) is 0 Å². The van der Waals surface area contributed by atoms with Crippen LogP contribution in [-0.2, 0) is 16.1 Å². The molecule has 0 spiro atoms. The van der Waals surface area contributed by atoms with Crippen molar-refractivity contribution in [1.29, 1.82) is 0 Å². The van der Waals surface area contributed by atoms with E-state index in [9.17, 15) is 9.59 Å². The van der Waals surface area contributed by atoms with Crippen LogP contribution in [0.4, 0.5) is 4.79 Å². The van der Waals surface area contributed by atoms with Crippen molar-refractivity contribution in [1.82, 2.24) is 4.90 Å². The summed E-state index contributed by atoms with van der Waals surface area (Å²) in [6.45, 7) is 0.801. The third-order valence-electron chi connectivity index (χ3n) is 4.58. The molecule has 2 atom stereocenters. The number of fused-ring (bicyclic) bond motifs is 1. The molecule has 2 aliphatic rings. The first-order valence-corrected chi connectivity index (χ1v) is 7.76. The molecular weight excluding hydrogens is 266 g/mol. The monoisotopic (exact) mass is 287 g/mol. The molecule has 0 aromatic heterocycles. The van der Waals surface area contributed by atoms with Crippen LogP contribution in [0.1, 0.15) is 37.7 Å². The van der Waals surface area contributed by atoms with Gasteiger partial charge >= 0.3 is 6.09 Å². The number of Topliss-reactive ketones (excluding diaryl/α,β-unsaturated/α-hetero) is 1. The molecule has 1 aliphatic heterocycles. The number of rotatable bonds is 2. The molecule has 0 bridgehead atoms. The zero-order valence-corrected chi connectivity index (χ0v) is 12.2. The van der Waals surface area contributed by atoms with Gasteiger partial charge in [0.1, 0.15) is 12.4 Å². The third-order valence-corrected chi connectivity index (χ3v) is 4.58. The predicted octanol–water partition coefficient (Wildman–Crippen LogP) is 3.16. The Bertz CT molecular complexity index is 514. The summed E-state index contributed by atoms with van der Waals surface area (Å²) in [5.41, 5.74) is 0.985. The van der Waals surface area contributed by atoms with Crippen molar-refractivity contribution in [2.24, 2.45) is 5.92 Å². The molecule has 3 rings (SSSR count). The van der Waals surface area contributed by atoms with Gasteiger partial charge in [0.25, 0.3) is 0 Å². The molecule has 1 aliphatic carbocycles. The summed E-state index contributed by atoms with van der Waals surface area (Å²) < 4.78 is 5.43. The van der Waals surface area contributed by atoms with Crippen molar-refractivity contribution in [2.45, 2.75) is 44.8 Å². The molecule has 0 unspecified atom stereocenters. The molecule has 4 heteroatoms. The molecule has 1 saturated heterocycles. The van der Waals surface area contributed by atoms with Crippen molar-refractivity contribution in [3.05, 3.63) is 35.9 Å². The topological polar surface area (TPSA) is 46.6 Å². The zero-order chi connectivity index (χ0) is 14.7. The minimum Gasteiger partial charge on any atom is -0.445 e. The van der Waals surface area contributed by atoms with Gasteiger partial charge in [0.15, 0.2) is 0 Å². The number of ketones is 1. The quantitative estimate of drug-likeness (QED) is 0.839. The van der Waals surface area contributed by atoms with E-state index < -0.39 is 0 Å². The lowest BCUT2D eigenvalue weighted by molar-refractivity contribution is -0.129. The summed E-state index contributed by atoms with van der Waals surface area (Å²) in [5, 5.41) is 0. The molecule has 21 heavy (non-hydrogen) atoms. The van der Waals surface area contributed by atoms with Gasteiger partial charge in [-0.25, -0.2) is 4.79 Å². The van der Waals surface area contributed by atoms with E-state index in [1.807, 2.05) is 30.3 Å². The molecular formula is C17H21NO3. The Morgan fingerprint density at radius 1 is 1.19 bits per heavy atom. The van der Waals surface area contributed by atoms with E-state index in [0.29, 0.717) is 25.4 Å². The number of hydrogen-bond donors (Lipinski definition) is 0. The fourth-order valence-corrected chi connectivity index (χ4v) is 3.47. The van der Waals surface area contributed by atoms with Gasteiger partial charge in [-0.15, -0.1) is 0 Å². The second-order valence-electron chi connectivity index (χ2n) is 5.91. The number of benzene rings is 1. The standard InChI is InChI=1S/C17H21NO3/c19-16-10-11-18(15-9-5-4-8-14(15)16)17(20)21-12-13-6-2-1-3-7-13/h1-3,6-7,14-15H,4-5,8-12H2/t14-,15-/m1/s1. The van der Waals surface area contributed by atoms with Crippen LogP contribution in [-0.4, -0.2) is 29.4 Å². The van der Waals surface area contributed by atoms with Crippen molar-refractivity contribution < 1.29 is 14.3 Å². The van der Waals surface area contributed by atoms with E-state index in [-0.39, 0.29) is 18.1 Å². The van der Waals surface area contributed by atoms with Crippen molar-refractivity contribution >= 4 is 11.9 Å². The molecule has 1 heterocycles. The van der Waals surface area contributed by atoms with E-state index in [0.717, 1.165) is 31.2 Å². The maximum Gasteiger partial charge on any atom is 0.410 e. The number of carbonyl (C=O) groups is 2. The first-order chi connectivity index (χ1) is 10.3. The fraction of sp³-hybridized carbons (Fsp3) is 0.529. The van der Waals surface area contributed by atoms with Crippen LogP contribution >= 0.6 is 0 Å². The number of piperidine rings is 1. The molecule has 0 radical (unpaired) electrons.